The molecule has 151 valence electrons. The van der Waals surface area contributed by atoms with Gasteiger partial charge in [-0.15, -0.1) is 0 Å². The Balaban J connectivity index is 3.44. The van der Waals surface area contributed by atoms with Crippen molar-refractivity contribution in [2.45, 2.75) is 117 Å². The molecule has 3 nitrogen and oxygen atoms in total. The summed E-state index contributed by atoms with van der Waals surface area (Å²) in [5.74, 6) is -0.274. The largest absolute Gasteiger partial charge is 0.369 e. The van der Waals surface area contributed by atoms with Crippen LogP contribution >= 0.6 is 0 Å². The number of Topliss-reactive ketones (excluding diaryl/α,β-unsaturated/α-hetero) is 1. The standard InChI is InChI=1S/C23H42NO2/c1-3-5-6-7-8-9-10-11-12-13-14-15-16-17-18-20-22(25)21(19-4-2)23(24)26/h11-12H,3-10,13-20H2,1-2H3,(H2,24,26)/b12-11-. The van der Waals surface area contributed by atoms with Gasteiger partial charge in [0.2, 0.25) is 5.91 Å². The van der Waals surface area contributed by atoms with E-state index in [0.29, 0.717) is 18.8 Å². The number of primary amides is 1. The van der Waals surface area contributed by atoms with Crippen LogP contribution in [0.4, 0.5) is 0 Å². The maximum Gasteiger partial charge on any atom is 0.232 e. The maximum absolute atomic E-state index is 12.0. The highest BCUT2D eigenvalue weighted by atomic mass is 16.2. The molecular formula is C23H42NO2. The third-order valence-electron chi connectivity index (χ3n) is 4.80. The third-order valence-corrected chi connectivity index (χ3v) is 4.80. The summed E-state index contributed by atoms with van der Waals surface area (Å²) in [5.41, 5.74) is 5.28. The lowest BCUT2D eigenvalue weighted by atomic mass is 9.94. The van der Waals surface area contributed by atoms with E-state index in [1.807, 2.05) is 6.92 Å². The van der Waals surface area contributed by atoms with E-state index in [9.17, 15) is 9.59 Å². The van der Waals surface area contributed by atoms with Crippen LogP contribution in [0.1, 0.15) is 117 Å². The molecular weight excluding hydrogens is 322 g/mol. The fourth-order valence-electron chi connectivity index (χ4n) is 3.16. The van der Waals surface area contributed by atoms with Crippen LogP contribution in [0.3, 0.4) is 0 Å². The van der Waals surface area contributed by atoms with Gasteiger partial charge >= 0.3 is 0 Å². The second kappa shape index (κ2) is 18.7. The summed E-state index contributed by atoms with van der Waals surface area (Å²) in [6.07, 6.45) is 22.6. The maximum atomic E-state index is 12.0. The molecule has 0 saturated heterocycles. The Labute approximate surface area is 162 Å². The Morgan fingerprint density at radius 3 is 1.65 bits per heavy atom. The van der Waals surface area contributed by atoms with E-state index in [2.05, 4.69) is 19.1 Å². The zero-order valence-corrected chi connectivity index (χ0v) is 17.4. The van der Waals surface area contributed by atoms with Gasteiger partial charge in [0.1, 0.15) is 11.7 Å². The van der Waals surface area contributed by atoms with Crippen LogP contribution < -0.4 is 5.73 Å². The van der Waals surface area contributed by atoms with E-state index in [0.717, 1.165) is 25.7 Å². The third kappa shape index (κ3) is 15.2. The lowest BCUT2D eigenvalue weighted by Crippen LogP contribution is -2.28. The van der Waals surface area contributed by atoms with Crippen LogP contribution in [-0.4, -0.2) is 11.7 Å². The summed E-state index contributed by atoms with van der Waals surface area (Å²) in [6.45, 7) is 4.21. The molecule has 1 amide bonds. The van der Waals surface area contributed by atoms with Crippen LogP contribution in [0.2, 0.25) is 0 Å². The molecule has 0 fully saturated rings. The van der Waals surface area contributed by atoms with Crippen LogP contribution in [0.25, 0.3) is 0 Å². The first kappa shape index (κ1) is 24.9. The number of nitrogens with two attached hydrogens (primary N) is 1. The van der Waals surface area contributed by atoms with Crippen LogP contribution in [-0.2, 0) is 9.59 Å². The number of unbranched alkanes of at least 4 members (excludes halogenated alkanes) is 11. The number of carbonyl (C=O) groups is 2. The molecule has 0 rings (SSSR count). The monoisotopic (exact) mass is 364 g/mol. The molecule has 1 radical (unpaired) electrons. The SMILES string of the molecule is CCCCCCCC/C=C\CCCCCCCC(=O)[C](CCC)C(N)=O. The molecule has 0 aromatic heterocycles. The zero-order chi connectivity index (χ0) is 19.5. The molecule has 0 bridgehead atoms. The number of allylic oxidation sites excluding steroid dienone is 2. The molecule has 0 aliphatic rings. The van der Waals surface area contributed by atoms with Crippen LogP contribution in [0.5, 0.6) is 0 Å². The van der Waals surface area contributed by atoms with Crippen molar-refractivity contribution in [3.63, 3.8) is 0 Å². The lowest BCUT2D eigenvalue weighted by Gasteiger charge is -2.09. The summed E-state index contributed by atoms with van der Waals surface area (Å²) in [6, 6.07) is 0. The van der Waals surface area contributed by atoms with E-state index in [1.54, 1.807) is 0 Å². The molecule has 0 unspecified atom stereocenters. The summed E-state index contributed by atoms with van der Waals surface area (Å²) in [7, 11) is 0. The minimum absolute atomic E-state index is 0.0445. The van der Waals surface area contributed by atoms with E-state index >= 15 is 0 Å². The number of amides is 1. The predicted molar refractivity (Wildman–Crippen MR) is 112 cm³/mol. The fourth-order valence-corrected chi connectivity index (χ4v) is 3.16. The number of hydrogen-bond donors (Lipinski definition) is 1. The molecule has 0 heterocycles. The molecule has 0 saturated carbocycles. The van der Waals surface area contributed by atoms with Crippen molar-refractivity contribution in [3.8, 4) is 0 Å². The van der Waals surface area contributed by atoms with Crippen molar-refractivity contribution >= 4 is 11.7 Å². The molecule has 0 spiro atoms. The normalized spacial score (nSPS) is 11.5. The predicted octanol–water partition coefficient (Wildman–Crippen LogP) is 6.45. The van der Waals surface area contributed by atoms with E-state index < -0.39 is 5.91 Å². The van der Waals surface area contributed by atoms with E-state index in [1.165, 1.54) is 64.2 Å². The highest BCUT2D eigenvalue weighted by Crippen LogP contribution is 2.15. The average Bonchev–Trinajstić information content (AvgIpc) is 2.62. The summed E-state index contributed by atoms with van der Waals surface area (Å²) < 4.78 is 0. The highest BCUT2D eigenvalue weighted by Gasteiger charge is 2.23. The van der Waals surface area contributed by atoms with Gasteiger partial charge in [0.25, 0.3) is 0 Å². The van der Waals surface area contributed by atoms with Crippen molar-refractivity contribution in [1.29, 1.82) is 0 Å². The Bertz CT molecular complexity index is 376. The highest BCUT2D eigenvalue weighted by molar-refractivity contribution is 6.14. The van der Waals surface area contributed by atoms with Gasteiger partial charge in [-0.25, -0.2) is 0 Å². The second-order valence-corrected chi connectivity index (χ2v) is 7.35. The Hall–Kier alpha value is -1.12. The van der Waals surface area contributed by atoms with Crippen LogP contribution in [0, 0.1) is 5.92 Å². The topological polar surface area (TPSA) is 60.2 Å². The molecule has 2 N–H and O–H groups in total. The zero-order valence-electron chi connectivity index (χ0n) is 17.4. The van der Waals surface area contributed by atoms with E-state index in [4.69, 9.17) is 5.73 Å². The minimum atomic E-state index is -0.537. The molecule has 0 aliphatic carbocycles. The number of rotatable bonds is 19. The van der Waals surface area contributed by atoms with Gasteiger partial charge in [-0.05, 0) is 38.5 Å². The Kier molecular flexibility index (Phi) is 17.9. The second-order valence-electron chi connectivity index (χ2n) is 7.35. The fraction of sp³-hybridized carbons (Fsp3) is 0.783. The number of hydrogen-bond acceptors (Lipinski definition) is 2. The first-order valence-electron chi connectivity index (χ1n) is 11.0. The average molecular weight is 365 g/mol. The molecule has 0 aliphatic heterocycles. The first-order valence-corrected chi connectivity index (χ1v) is 11.0. The lowest BCUT2D eigenvalue weighted by molar-refractivity contribution is -0.124. The molecule has 0 atom stereocenters. The molecule has 0 aromatic rings. The van der Waals surface area contributed by atoms with Crippen molar-refractivity contribution in [2.75, 3.05) is 0 Å². The number of carbonyl (C=O) groups excluding carboxylic acids is 2. The van der Waals surface area contributed by atoms with Gasteiger partial charge in [-0.1, -0.05) is 83.8 Å². The summed E-state index contributed by atoms with van der Waals surface area (Å²) in [5, 5.41) is 0. The first-order chi connectivity index (χ1) is 12.6. The van der Waals surface area contributed by atoms with Gasteiger partial charge < -0.3 is 5.73 Å². The molecule has 3 heteroatoms. The van der Waals surface area contributed by atoms with Gasteiger partial charge in [0, 0.05) is 6.42 Å². The number of ketones is 1. The van der Waals surface area contributed by atoms with Crippen molar-refractivity contribution < 1.29 is 9.59 Å². The van der Waals surface area contributed by atoms with E-state index in [-0.39, 0.29) is 5.78 Å². The van der Waals surface area contributed by atoms with Crippen molar-refractivity contribution in [2.24, 2.45) is 5.73 Å². The summed E-state index contributed by atoms with van der Waals surface area (Å²) >= 11 is 0. The Morgan fingerprint density at radius 2 is 1.15 bits per heavy atom. The summed E-state index contributed by atoms with van der Waals surface area (Å²) in [4.78, 5) is 23.2. The van der Waals surface area contributed by atoms with Crippen LogP contribution in [0.15, 0.2) is 12.2 Å². The smallest absolute Gasteiger partial charge is 0.232 e. The Morgan fingerprint density at radius 1 is 0.654 bits per heavy atom. The minimum Gasteiger partial charge on any atom is -0.369 e. The van der Waals surface area contributed by atoms with Crippen molar-refractivity contribution in [3.05, 3.63) is 18.1 Å². The molecule has 0 aromatic carbocycles. The quantitative estimate of drug-likeness (QED) is 0.162. The van der Waals surface area contributed by atoms with Gasteiger partial charge in [-0.3, -0.25) is 9.59 Å². The van der Waals surface area contributed by atoms with Gasteiger partial charge in [0.15, 0.2) is 0 Å². The van der Waals surface area contributed by atoms with Crippen molar-refractivity contribution in [1.82, 2.24) is 0 Å². The van der Waals surface area contributed by atoms with Gasteiger partial charge in [0.05, 0.1) is 0 Å². The molecule has 26 heavy (non-hydrogen) atoms. The van der Waals surface area contributed by atoms with Gasteiger partial charge in [-0.2, -0.15) is 0 Å².